The number of ether oxygens (including phenoxy) is 1. The first kappa shape index (κ1) is 27.5. The van der Waals surface area contributed by atoms with Crippen molar-refractivity contribution in [1.29, 1.82) is 0 Å². The SMILES string of the molecule is C=C[C@@H]1NC(=O)/C(=C/C)NC(=O)c2cccc(n2)CNC(=O)C[C@@H](/C=C/CCSC(C)=O)OC1=O. The minimum Gasteiger partial charge on any atom is -0.456 e. The second-order valence-electron chi connectivity index (χ2n) is 7.37. The molecule has 1 aromatic heterocycles. The van der Waals surface area contributed by atoms with Gasteiger partial charge < -0.3 is 20.7 Å². The number of carbonyl (C=O) groups is 5. The Kier molecular flexibility index (Phi) is 10.9. The fourth-order valence-electron chi connectivity index (χ4n) is 2.92. The highest BCUT2D eigenvalue weighted by Gasteiger charge is 2.25. The largest absolute Gasteiger partial charge is 0.456 e. The molecule has 1 aliphatic rings. The highest BCUT2D eigenvalue weighted by atomic mass is 32.2. The zero-order valence-corrected chi connectivity index (χ0v) is 20.4. The fraction of sp³-hybridized carbons (Fsp3) is 0.333. The Morgan fingerprint density at radius 1 is 1.26 bits per heavy atom. The van der Waals surface area contributed by atoms with E-state index in [-0.39, 0.29) is 29.5 Å². The Morgan fingerprint density at radius 2 is 2.03 bits per heavy atom. The van der Waals surface area contributed by atoms with E-state index in [1.807, 2.05) is 0 Å². The lowest BCUT2D eigenvalue weighted by Gasteiger charge is -2.20. The molecule has 0 unspecified atom stereocenters. The number of pyridine rings is 1. The molecule has 1 aliphatic heterocycles. The van der Waals surface area contributed by atoms with Gasteiger partial charge in [-0.3, -0.25) is 19.2 Å². The number of hydrogen-bond donors (Lipinski definition) is 3. The van der Waals surface area contributed by atoms with Gasteiger partial charge in [0.15, 0.2) is 5.12 Å². The number of nitrogens with zero attached hydrogens (tertiary/aromatic N) is 1. The van der Waals surface area contributed by atoms with Crippen molar-refractivity contribution in [2.45, 2.75) is 45.4 Å². The van der Waals surface area contributed by atoms with Gasteiger partial charge in [-0.2, -0.15) is 0 Å². The van der Waals surface area contributed by atoms with Gasteiger partial charge in [-0.05, 0) is 31.6 Å². The summed E-state index contributed by atoms with van der Waals surface area (Å²) in [7, 11) is 0. The number of nitrogens with one attached hydrogen (secondary N) is 3. The number of amides is 3. The molecule has 11 heteroatoms. The van der Waals surface area contributed by atoms with E-state index >= 15 is 0 Å². The van der Waals surface area contributed by atoms with Crippen LogP contribution in [0.3, 0.4) is 0 Å². The van der Waals surface area contributed by atoms with Gasteiger partial charge in [-0.1, -0.05) is 36.1 Å². The van der Waals surface area contributed by atoms with Crippen molar-refractivity contribution in [1.82, 2.24) is 20.9 Å². The molecule has 0 aromatic carbocycles. The maximum absolute atomic E-state index is 12.7. The molecular formula is C24H28N4O6S. The van der Waals surface area contributed by atoms with Crippen LogP contribution in [-0.2, 0) is 30.5 Å². The van der Waals surface area contributed by atoms with Gasteiger partial charge >= 0.3 is 5.97 Å². The Balaban J connectivity index is 2.29. The number of cyclic esters (lactones) is 1. The predicted octanol–water partition coefficient (Wildman–Crippen LogP) is 1.54. The Bertz CT molecular complexity index is 1050. The Labute approximate surface area is 207 Å². The van der Waals surface area contributed by atoms with Gasteiger partial charge in [-0.15, -0.1) is 6.58 Å². The second kappa shape index (κ2) is 13.9. The molecule has 10 nitrogen and oxygen atoms in total. The molecule has 2 atom stereocenters. The molecule has 3 amide bonds. The molecule has 0 saturated heterocycles. The summed E-state index contributed by atoms with van der Waals surface area (Å²) in [5, 5.41) is 7.60. The van der Waals surface area contributed by atoms with E-state index in [0.717, 1.165) is 11.8 Å². The molecular weight excluding hydrogens is 472 g/mol. The van der Waals surface area contributed by atoms with Crippen molar-refractivity contribution < 1.29 is 28.7 Å². The Morgan fingerprint density at radius 3 is 2.71 bits per heavy atom. The molecule has 0 fully saturated rings. The summed E-state index contributed by atoms with van der Waals surface area (Å²) < 4.78 is 5.47. The molecule has 3 N–H and O–H groups in total. The number of hydrogen-bond acceptors (Lipinski definition) is 8. The first-order valence-electron chi connectivity index (χ1n) is 10.9. The lowest BCUT2D eigenvalue weighted by molar-refractivity contribution is -0.150. The monoisotopic (exact) mass is 500 g/mol. The van der Waals surface area contributed by atoms with Crippen LogP contribution in [0.5, 0.6) is 0 Å². The molecule has 0 spiro atoms. The summed E-state index contributed by atoms with van der Waals surface area (Å²) in [5.41, 5.74) is 0.406. The van der Waals surface area contributed by atoms with Crippen molar-refractivity contribution in [2.75, 3.05) is 5.75 Å². The van der Waals surface area contributed by atoms with Crippen LogP contribution in [0.15, 0.2) is 54.8 Å². The lowest BCUT2D eigenvalue weighted by Crippen LogP contribution is -2.45. The maximum atomic E-state index is 12.7. The average molecular weight is 501 g/mol. The molecule has 0 radical (unpaired) electrons. The number of thioether (sulfide) groups is 1. The van der Waals surface area contributed by atoms with Gasteiger partial charge in [0, 0.05) is 12.7 Å². The molecule has 0 aliphatic carbocycles. The normalized spacial score (nSPS) is 21.1. The number of allylic oxidation sites excluding steroid dienone is 2. The molecule has 2 heterocycles. The quantitative estimate of drug-likeness (QED) is 0.239. The van der Waals surface area contributed by atoms with Crippen LogP contribution in [0.1, 0.15) is 42.9 Å². The van der Waals surface area contributed by atoms with E-state index in [1.165, 1.54) is 25.1 Å². The van der Waals surface area contributed by atoms with Crippen molar-refractivity contribution in [3.05, 3.63) is 66.2 Å². The van der Waals surface area contributed by atoms with E-state index in [4.69, 9.17) is 4.74 Å². The third-order valence-corrected chi connectivity index (χ3v) is 5.50. The van der Waals surface area contributed by atoms with Crippen LogP contribution >= 0.6 is 11.8 Å². The first-order valence-corrected chi connectivity index (χ1v) is 11.9. The second-order valence-corrected chi connectivity index (χ2v) is 8.64. The smallest absolute Gasteiger partial charge is 0.333 e. The van der Waals surface area contributed by atoms with Crippen LogP contribution in [0.25, 0.3) is 0 Å². The summed E-state index contributed by atoms with van der Waals surface area (Å²) in [5.74, 6) is -2.04. The van der Waals surface area contributed by atoms with E-state index in [2.05, 4.69) is 27.5 Å². The summed E-state index contributed by atoms with van der Waals surface area (Å²) in [6.07, 6.45) is 5.30. The molecule has 2 rings (SSSR count). The van der Waals surface area contributed by atoms with Crippen LogP contribution in [-0.4, -0.2) is 51.7 Å². The minimum atomic E-state index is -1.23. The summed E-state index contributed by atoms with van der Waals surface area (Å²) >= 11 is 1.16. The van der Waals surface area contributed by atoms with Gasteiger partial charge in [-0.25, -0.2) is 9.78 Å². The van der Waals surface area contributed by atoms with Gasteiger partial charge in [0.1, 0.15) is 23.5 Å². The van der Waals surface area contributed by atoms with Crippen molar-refractivity contribution in [3.63, 3.8) is 0 Å². The van der Waals surface area contributed by atoms with Crippen molar-refractivity contribution in [2.24, 2.45) is 0 Å². The highest BCUT2D eigenvalue weighted by molar-refractivity contribution is 8.13. The number of fused-ring (bicyclic) bond motifs is 2. The zero-order chi connectivity index (χ0) is 25.8. The van der Waals surface area contributed by atoms with Gasteiger partial charge in [0.05, 0.1) is 18.7 Å². The standard InChI is InChI=1S/C24H28N4O6S/c1-4-18-22(31)28-19(5-2)24(33)34-17(10-6-7-12-35-15(3)29)13-21(30)25-14-16-9-8-11-20(26-16)23(32)27-18/h4-6,8-11,17,19H,2,7,12-14H2,1,3H3,(H,25,30)(H,27,32)(H,28,31)/b10-6+,18-4-/t17-,19+/m1/s1. The summed E-state index contributed by atoms with van der Waals surface area (Å²) in [4.78, 5) is 65.8. The van der Waals surface area contributed by atoms with Crippen LogP contribution < -0.4 is 16.0 Å². The van der Waals surface area contributed by atoms with Crippen LogP contribution in [0.2, 0.25) is 0 Å². The maximum Gasteiger partial charge on any atom is 0.333 e. The molecule has 35 heavy (non-hydrogen) atoms. The number of carbonyl (C=O) groups excluding carboxylic acids is 5. The molecule has 0 saturated carbocycles. The summed E-state index contributed by atoms with van der Waals surface area (Å²) in [6, 6.07) is 3.50. The van der Waals surface area contributed by atoms with Gasteiger partial charge in [0.25, 0.3) is 11.8 Å². The predicted molar refractivity (Wildman–Crippen MR) is 131 cm³/mol. The summed E-state index contributed by atoms with van der Waals surface area (Å²) in [6.45, 7) is 6.64. The Hall–Kier alpha value is -3.73. The highest BCUT2D eigenvalue weighted by Crippen LogP contribution is 2.09. The topological polar surface area (TPSA) is 144 Å². The first-order chi connectivity index (χ1) is 16.7. The van der Waals surface area contributed by atoms with Crippen LogP contribution in [0, 0.1) is 0 Å². The number of aromatic nitrogens is 1. The van der Waals surface area contributed by atoms with E-state index < -0.39 is 35.8 Å². The van der Waals surface area contributed by atoms with E-state index in [0.29, 0.717) is 17.9 Å². The fourth-order valence-corrected chi connectivity index (χ4v) is 3.46. The third-order valence-electron chi connectivity index (χ3n) is 4.66. The lowest BCUT2D eigenvalue weighted by atomic mass is 10.2. The zero-order valence-electron chi connectivity index (χ0n) is 19.5. The third kappa shape index (κ3) is 9.20. The van der Waals surface area contributed by atoms with E-state index in [9.17, 15) is 24.0 Å². The molecule has 1 aromatic rings. The average Bonchev–Trinajstić information content (AvgIpc) is 2.83. The minimum absolute atomic E-state index is 0.00662. The van der Waals surface area contributed by atoms with Crippen LogP contribution in [0.4, 0.5) is 0 Å². The van der Waals surface area contributed by atoms with E-state index in [1.54, 1.807) is 31.2 Å². The molecule has 186 valence electrons. The van der Waals surface area contributed by atoms with Crippen molar-refractivity contribution in [3.8, 4) is 0 Å². The van der Waals surface area contributed by atoms with Crippen molar-refractivity contribution >= 4 is 40.6 Å². The van der Waals surface area contributed by atoms with Gasteiger partial charge in [0.2, 0.25) is 5.91 Å². The number of rotatable bonds is 5. The molecule has 2 bridgehead atoms. The number of esters is 1.